The highest BCUT2D eigenvalue weighted by molar-refractivity contribution is 7.12. The van der Waals surface area contributed by atoms with E-state index in [1.807, 2.05) is 18.3 Å². The number of urea groups is 1. The second-order valence-corrected chi connectivity index (χ2v) is 6.55. The van der Waals surface area contributed by atoms with Crippen molar-refractivity contribution in [2.75, 3.05) is 0 Å². The maximum absolute atomic E-state index is 10.9. The van der Waals surface area contributed by atoms with Gasteiger partial charge in [-0.1, -0.05) is 17.7 Å². The Kier molecular flexibility index (Phi) is 4.22. The van der Waals surface area contributed by atoms with E-state index in [4.69, 9.17) is 5.73 Å². The maximum atomic E-state index is 10.9. The summed E-state index contributed by atoms with van der Waals surface area (Å²) in [5.74, 6) is 0. The van der Waals surface area contributed by atoms with Gasteiger partial charge in [0, 0.05) is 22.1 Å². The van der Waals surface area contributed by atoms with Gasteiger partial charge in [0.1, 0.15) is 0 Å². The van der Waals surface area contributed by atoms with Crippen molar-refractivity contribution in [2.24, 2.45) is 5.73 Å². The number of carbonyl (C=O) groups is 1. The Balaban J connectivity index is 1.75. The number of fused-ring (bicyclic) bond motifs is 1. The first-order valence-corrected chi connectivity index (χ1v) is 7.89. The van der Waals surface area contributed by atoms with Crippen LogP contribution in [-0.4, -0.2) is 21.3 Å². The number of allylic oxidation sites excluding steroid dienone is 1. The number of pyridine rings is 1. The number of hydrogen-bond donors (Lipinski definition) is 2. The Bertz CT molecular complexity index is 709. The molecule has 3 N–H and O–H groups in total. The normalized spacial score (nSPS) is 13.4. The van der Waals surface area contributed by atoms with Crippen LogP contribution >= 0.6 is 11.3 Å². The number of carbonyl (C=O) groups excluding carboxylic acids is 1. The minimum Gasteiger partial charge on any atom is -0.350 e. The number of thiophene rings is 1. The highest BCUT2D eigenvalue weighted by Crippen LogP contribution is 2.32. The molecule has 1 aliphatic carbocycles. The van der Waals surface area contributed by atoms with Crippen LogP contribution in [0.5, 0.6) is 0 Å². The van der Waals surface area contributed by atoms with Gasteiger partial charge in [-0.2, -0.15) is 0 Å². The van der Waals surface area contributed by atoms with Crippen LogP contribution in [0, 0.1) is 0 Å². The predicted molar refractivity (Wildman–Crippen MR) is 85.5 cm³/mol. The third kappa shape index (κ3) is 3.35. The molecule has 0 aliphatic heterocycles. The summed E-state index contributed by atoms with van der Waals surface area (Å²) in [5.41, 5.74) is 8.81. The Morgan fingerprint density at radius 2 is 2.32 bits per heavy atom. The van der Waals surface area contributed by atoms with E-state index in [0.717, 1.165) is 24.1 Å². The molecule has 2 aromatic heterocycles. The lowest BCUT2D eigenvalue weighted by Crippen LogP contribution is -2.31. The highest BCUT2D eigenvalue weighted by Gasteiger charge is 2.16. The second kappa shape index (κ2) is 6.29. The van der Waals surface area contributed by atoms with Crippen LogP contribution < -0.4 is 5.73 Å². The molecule has 114 valence electrons. The summed E-state index contributed by atoms with van der Waals surface area (Å²) in [6.45, 7) is 0.138. The van der Waals surface area contributed by atoms with Crippen LogP contribution in [0.2, 0.25) is 0 Å². The summed E-state index contributed by atoms with van der Waals surface area (Å²) in [6, 6.07) is 5.22. The van der Waals surface area contributed by atoms with Crippen LogP contribution in [0.3, 0.4) is 0 Å². The van der Waals surface area contributed by atoms with Crippen molar-refractivity contribution < 1.29 is 10.0 Å². The molecule has 2 aromatic rings. The molecule has 22 heavy (non-hydrogen) atoms. The van der Waals surface area contributed by atoms with E-state index < -0.39 is 6.03 Å². The zero-order valence-electron chi connectivity index (χ0n) is 12.0. The molecule has 0 aromatic carbocycles. The number of amides is 2. The number of nitrogens with zero attached hydrogens (tertiary/aromatic N) is 2. The van der Waals surface area contributed by atoms with Gasteiger partial charge in [0.15, 0.2) is 0 Å². The monoisotopic (exact) mass is 315 g/mol. The first kappa shape index (κ1) is 14.7. The van der Waals surface area contributed by atoms with Crippen LogP contribution in [0.4, 0.5) is 4.79 Å². The summed E-state index contributed by atoms with van der Waals surface area (Å²) >= 11 is 1.62. The average Bonchev–Trinajstić information content (AvgIpc) is 2.89. The van der Waals surface area contributed by atoms with Crippen molar-refractivity contribution in [2.45, 2.75) is 25.8 Å². The van der Waals surface area contributed by atoms with Crippen LogP contribution in [0.1, 0.15) is 27.3 Å². The first-order valence-electron chi connectivity index (χ1n) is 7.07. The fourth-order valence-electron chi connectivity index (χ4n) is 2.59. The smallest absolute Gasteiger partial charge is 0.338 e. The molecule has 1 aliphatic rings. The van der Waals surface area contributed by atoms with Gasteiger partial charge in [0.2, 0.25) is 0 Å². The van der Waals surface area contributed by atoms with Gasteiger partial charge in [-0.25, -0.2) is 9.86 Å². The molecule has 0 fully saturated rings. The average molecular weight is 315 g/mol. The lowest BCUT2D eigenvalue weighted by atomic mass is 9.94. The Morgan fingerprint density at radius 1 is 1.45 bits per heavy atom. The molecular weight excluding hydrogens is 298 g/mol. The lowest BCUT2D eigenvalue weighted by Gasteiger charge is -2.13. The van der Waals surface area contributed by atoms with Gasteiger partial charge in [0.25, 0.3) is 0 Å². The molecule has 0 radical (unpaired) electrons. The van der Waals surface area contributed by atoms with Gasteiger partial charge in [-0.3, -0.25) is 10.2 Å². The fourth-order valence-corrected chi connectivity index (χ4v) is 3.72. The van der Waals surface area contributed by atoms with E-state index in [1.165, 1.54) is 21.6 Å². The molecule has 0 bridgehead atoms. The molecule has 0 saturated heterocycles. The molecule has 2 heterocycles. The quantitative estimate of drug-likeness (QED) is 0.672. The number of rotatable bonds is 4. The summed E-state index contributed by atoms with van der Waals surface area (Å²) in [6.07, 6.45) is 8.81. The lowest BCUT2D eigenvalue weighted by molar-refractivity contribution is -0.0462. The van der Waals surface area contributed by atoms with E-state index in [0.29, 0.717) is 5.06 Å². The summed E-state index contributed by atoms with van der Waals surface area (Å²) in [7, 11) is 0. The number of hydrogen-bond acceptors (Lipinski definition) is 4. The minimum absolute atomic E-state index is 0.138. The fraction of sp³-hybridized carbons (Fsp3) is 0.250. The van der Waals surface area contributed by atoms with E-state index in [9.17, 15) is 10.0 Å². The molecule has 0 saturated carbocycles. The highest BCUT2D eigenvalue weighted by atomic mass is 32.1. The summed E-state index contributed by atoms with van der Waals surface area (Å²) in [4.78, 5) is 17.3. The van der Waals surface area contributed by atoms with Crippen molar-refractivity contribution in [3.05, 3.63) is 57.0 Å². The van der Waals surface area contributed by atoms with E-state index >= 15 is 0 Å². The standard InChI is InChI=1S/C16H17N3O2S/c17-16(20)19(21)10-14-8-13-7-11(3-4-15(13)22-14)6-12-2-1-5-18-9-12/h1-2,5,7-9,21H,3-4,6,10H2,(H2,17,20). The van der Waals surface area contributed by atoms with Gasteiger partial charge >= 0.3 is 6.03 Å². The molecule has 5 nitrogen and oxygen atoms in total. The zero-order chi connectivity index (χ0) is 15.5. The largest absolute Gasteiger partial charge is 0.350 e. The molecule has 2 amide bonds. The third-order valence-electron chi connectivity index (χ3n) is 3.64. The van der Waals surface area contributed by atoms with Crippen molar-refractivity contribution in [1.82, 2.24) is 10.0 Å². The maximum Gasteiger partial charge on any atom is 0.338 e. The van der Waals surface area contributed by atoms with E-state index in [1.54, 1.807) is 17.5 Å². The topological polar surface area (TPSA) is 79.5 Å². The van der Waals surface area contributed by atoms with Crippen molar-refractivity contribution in [1.29, 1.82) is 0 Å². The molecule has 0 spiro atoms. The molecular formula is C16H17N3O2S. The predicted octanol–water partition coefficient (Wildman–Crippen LogP) is 2.99. The number of nitrogens with two attached hydrogens (primary N) is 1. The minimum atomic E-state index is -0.834. The number of aromatic nitrogens is 1. The van der Waals surface area contributed by atoms with Crippen LogP contribution in [0.15, 0.2) is 36.2 Å². The summed E-state index contributed by atoms with van der Waals surface area (Å²) < 4.78 is 0. The van der Waals surface area contributed by atoms with Crippen LogP contribution in [0.25, 0.3) is 6.08 Å². The Hall–Kier alpha value is -2.18. The third-order valence-corrected chi connectivity index (χ3v) is 4.83. The van der Waals surface area contributed by atoms with Gasteiger partial charge < -0.3 is 5.73 Å². The molecule has 0 unspecified atom stereocenters. The SMILES string of the molecule is NC(=O)N(O)Cc1cc2c(s1)CCC(Cc1cccnc1)=C2. The van der Waals surface area contributed by atoms with E-state index in [-0.39, 0.29) is 6.54 Å². The zero-order valence-corrected chi connectivity index (χ0v) is 12.8. The van der Waals surface area contributed by atoms with E-state index in [2.05, 4.69) is 17.1 Å². The number of hydroxylamine groups is 2. The van der Waals surface area contributed by atoms with Gasteiger partial charge in [0.05, 0.1) is 6.54 Å². The number of aryl methyl sites for hydroxylation is 1. The van der Waals surface area contributed by atoms with Crippen molar-refractivity contribution in [3.63, 3.8) is 0 Å². The van der Waals surface area contributed by atoms with Gasteiger partial charge in [-0.15, -0.1) is 11.3 Å². The van der Waals surface area contributed by atoms with Crippen molar-refractivity contribution in [3.8, 4) is 0 Å². The summed E-state index contributed by atoms with van der Waals surface area (Å²) in [5, 5.41) is 9.97. The number of primary amides is 1. The Morgan fingerprint density at radius 3 is 3.05 bits per heavy atom. The Labute approximate surface area is 132 Å². The molecule has 6 heteroatoms. The van der Waals surface area contributed by atoms with Crippen LogP contribution in [-0.2, 0) is 19.4 Å². The molecule has 3 rings (SSSR count). The molecule has 0 atom stereocenters. The second-order valence-electron chi connectivity index (χ2n) is 5.33. The first-order chi connectivity index (χ1) is 10.6. The van der Waals surface area contributed by atoms with Gasteiger partial charge in [-0.05, 0) is 42.5 Å². The van der Waals surface area contributed by atoms with Crippen molar-refractivity contribution >= 4 is 23.4 Å².